The lowest BCUT2D eigenvalue weighted by atomic mass is 10.1. The van der Waals surface area contributed by atoms with Gasteiger partial charge < -0.3 is 5.11 Å². The van der Waals surface area contributed by atoms with E-state index in [2.05, 4.69) is 30.9 Å². The Bertz CT molecular complexity index is 307. The minimum absolute atomic E-state index is 0.702. The van der Waals surface area contributed by atoms with Gasteiger partial charge in [0, 0.05) is 12.3 Å². The van der Waals surface area contributed by atoms with Crippen molar-refractivity contribution < 1.29 is 9.90 Å². The van der Waals surface area contributed by atoms with Gasteiger partial charge >= 0.3 is 5.97 Å². The molecular formula is C18H30O2. The summed E-state index contributed by atoms with van der Waals surface area (Å²) in [6.07, 6.45) is 19.2. The van der Waals surface area contributed by atoms with E-state index in [9.17, 15) is 4.79 Å². The van der Waals surface area contributed by atoms with Crippen LogP contribution in [0.3, 0.4) is 0 Å². The van der Waals surface area contributed by atoms with Crippen LogP contribution in [0, 0.1) is 11.8 Å². The van der Waals surface area contributed by atoms with E-state index in [1.807, 2.05) is 0 Å². The highest BCUT2D eigenvalue weighted by Crippen LogP contribution is 2.08. The van der Waals surface area contributed by atoms with Gasteiger partial charge in [0.25, 0.3) is 0 Å². The summed E-state index contributed by atoms with van der Waals surface area (Å²) in [6.45, 7) is 2.25. The van der Waals surface area contributed by atoms with E-state index in [1.54, 1.807) is 0 Å². The van der Waals surface area contributed by atoms with Crippen molar-refractivity contribution >= 4 is 5.97 Å². The van der Waals surface area contributed by atoms with Crippen LogP contribution in [0.5, 0.6) is 0 Å². The van der Waals surface area contributed by atoms with Gasteiger partial charge in [0.1, 0.15) is 0 Å². The first-order valence-electron chi connectivity index (χ1n) is 8.14. The summed E-state index contributed by atoms with van der Waals surface area (Å²) in [5.41, 5.74) is 0. The lowest BCUT2D eigenvalue weighted by Crippen LogP contribution is -1.86. The molecular weight excluding hydrogens is 248 g/mol. The van der Waals surface area contributed by atoms with Crippen molar-refractivity contribution in [1.82, 2.24) is 0 Å². The number of carbonyl (C=O) groups is 1. The lowest BCUT2D eigenvalue weighted by molar-refractivity contribution is -0.130. The third kappa shape index (κ3) is 16.8. The number of carboxylic acids is 1. The van der Waals surface area contributed by atoms with Gasteiger partial charge in [-0.25, -0.2) is 4.79 Å². The Hall–Kier alpha value is -1.23. The smallest absolute Gasteiger partial charge is 0.381 e. The fourth-order valence-corrected chi connectivity index (χ4v) is 2.07. The van der Waals surface area contributed by atoms with Gasteiger partial charge in [0.05, 0.1) is 0 Å². The molecule has 0 amide bonds. The third-order valence-electron chi connectivity index (χ3n) is 3.26. The van der Waals surface area contributed by atoms with Gasteiger partial charge in [-0.3, -0.25) is 0 Å². The van der Waals surface area contributed by atoms with Crippen LogP contribution in [0.15, 0.2) is 12.2 Å². The molecule has 0 saturated heterocycles. The predicted molar refractivity (Wildman–Crippen MR) is 85.6 cm³/mol. The van der Waals surface area contributed by atoms with Crippen LogP contribution in [0.4, 0.5) is 0 Å². The number of allylic oxidation sites excluding steroid dienone is 2. The van der Waals surface area contributed by atoms with Crippen LogP contribution in [0.1, 0.15) is 84.0 Å². The summed E-state index contributed by atoms with van der Waals surface area (Å²) in [4.78, 5) is 10.2. The Labute approximate surface area is 124 Å². The number of unbranched alkanes of at least 4 members (excludes halogenated alkanes) is 10. The summed E-state index contributed by atoms with van der Waals surface area (Å²) < 4.78 is 0. The average Bonchev–Trinajstić information content (AvgIpc) is 2.43. The standard InChI is InChI=1S/C18H30O2/c1-2-3-4-5-6-7-8-9-10-11-12-13-14-15-16-17-18(19)20/h9-10H,2-8,11-15H2,1H3,(H,19,20). The largest absolute Gasteiger partial charge is 0.472 e. The molecule has 0 bridgehead atoms. The number of aliphatic carboxylic acids is 1. The minimum Gasteiger partial charge on any atom is -0.472 e. The quantitative estimate of drug-likeness (QED) is 0.297. The van der Waals surface area contributed by atoms with Gasteiger partial charge in [-0.05, 0) is 32.1 Å². The van der Waals surface area contributed by atoms with Crippen molar-refractivity contribution in [3.05, 3.63) is 12.2 Å². The first-order chi connectivity index (χ1) is 9.77. The van der Waals surface area contributed by atoms with E-state index in [0.29, 0.717) is 6.42 Å². The average molecular weight is 278 g/mol. The van der Waals surface area contributed by atoms with E-state index >= 15 is 0 Å². The van der Waals surface area contributed by atoms with Crippen LogP contribution in [-0.4, -0.2) is 11.1 Å². The zero-order valence-electron chi connectivity index (χ0n) is 13.0. The second-order valence-corrected chi connectivity index (χ2v) is 5.23. The summed E-state index contributed by atoms with van der Waals surface area (Å²) in [5.74, 6) is 3.77. The van der Waals surface area contributed by atoms with Crippen molar-refractivity contribution in [2.24, 2.45) is 0 Å². The lowest BCUT2D eigenvalue weighted by Gasteiger charge is -1.98. The van der Waals surface area contributed by atoms with Gasteiger partial charge in [-0.2, -0.15) is 0 Å². The highest BCUT2D eigenvalue weighted by Gasteiger charge is 1.89. The summed E-state index contributed by atoms with van der Waals surface area (Å²) in [5, 5.41) is 8.33. The monoisotopic (exact) mass is 278 g/mol. The Balaban J connectivity index is 3.17. The van der Waals surface area contributed by atoms with Crippen LogP contribution < -0.4 is 0 Å². The SMILES string of the molecule is CCCCCCCCC=CCCCCCC#CC(=O)O. The first-order valence-corrected chi connectivity index (χ1v) is 8.14. The maximum Gasteiger partial charge on any atom is 0.381 e. The van der Waals surface area contributed by atoms with E-state index < -0.39 is 5.97 Å². The molecule has 1 N–H and O–H groups in total. The Morgan fingerprint density at radius 3 is 2.05 bits per heavy atom. The van der Waals surface area contributed by atoms with E-state index in [1.165, 1.54) is 51.4 Å². The zero-order valence-corrected chi connectivity index (χ0v) is 13.0. The number of hydrogen-bond donors (Lipinski definition) is 1. The van der Waals surface area contributed by atoms with Gasteiger partial charge in [0.2, 0.25) is 0 Å². The molecule has 0 rings (SSSR count). The molecule has 0 atom stereocenters. The summed E-state index contributed by atoms with van der Waals surface area (Å²) in [7, 11) is 0. The summed E-state index contributed by atoms with van der Waals surface area (Å²) >= 11 is 0. The van der Waals surface area contributed by atoms with Crippen LogP contribution in [-0.2, 0) is 4.79 Å². The van der Waals surface area contributed by atoms with Crippen molar-refractivity contribution in [1.29, 1.82) is 0 Å². The maximum absolute atomic E-state index is 10.2. The molecule has 0 aliphatic carbocycles. The van der Waals surface area contributed by atoms with Gasteiger partial charge in [0.15, 0.2) is 0 Å². The molecule has 0 aromatic carbocycles. The molecule has 0 fully saturated rings. The molecule has 0 radical (unpaired) electrons. The molecule has 0 heterocycles. The number of hydrogen-bond acceptors (Lipinski definition) is 1. The molecule has 2 nitrogen and oxygen atoms in total. The van der Waals surface area contributed by atoms with Crippen molar-refractivity contribution in [2.45, 2.75) is 84.0 Å². The first kappa shape index (κ1) is 18.8. The summed E-state index contributed by atoms with van der Waals surface area (Å²) in [6, 6.07) is 0. The molecule has 20 heavy (non-hydrogen) atoms. The molecule has 0 spiro atoms. The fraction of sp³-hybridized carbons (Fsp3) is 0.722. The zero-order chi connectivity index (χ0) is 14.9. The Morgan fingerprint density at radius 1 is 0.900 bits per heavy atom. The number of rotatable bonds is 12. The number of carboxylic acid groups (broad SMARTS) is 1. The minimum atomic E-state index is -1.03. The van der Waals surface area contributed by atoms with E-state index in [-0.39, 0.29) is 0 Å². The van der Waals surface area contributed by atoms with Crippen molar-refractivity contribution in [3.63, 3.8) is 0 Å². The van der Waals surface area contributed by atoms with Crippen LogP contribution in [0.25, 0.3) is 0 Å². The second kappa shape index (κ2) is 15.8. The van der Waals surface area contributed by atoms with Crippen molar-refractivity contribution in [2.75, 3.05) is 0 Å². The molecule has 0 saturated carbocycles. The van der Waals surface area contributed by atoms with Crippen molar-refractivity contribution in [3.8, 4) is 11.8 Å². The molecule has 0 aromatic heterocycles. The van der Waals surface area contributed by atoms with Crippen LogP contribution in [0.2, 0.25) is 0 Å². The molecule has 114 valence electrons. The maximum atomic E-state index is 10.2. The predicted octanol–water partition coefficient (Wildman–Crippen LogP) is 5.33. The molecule has 0 aliphatic rings. The topological polar surface area (TPSA) is 37.3 Å². The van der Waals surface area contributed by atoms with Gasteiger partial charge in [-0.1, -0.05) is 63.5 Å². The molecule has 0 aromatic rings. The second-order valence-electron chi connectivity index (χ2n) is 5.23. The highest BCUT2D eigenvalue weighted by molar-refractivity contribution is 5.86. The highest BCUT2D eigenvalue weighted by atomic mass is 16.4. The van der Waals surface area contributed by atoms with Crippen LogP contribution >= 0.6 is 0 Å². The molecule has 2 heteroatoms. The normalized spacial score (nSPS) is 10.4. The third-order valence-corrected chi connectivity index (χ3v) is 3.26. The van der Waals surface area contributed by atoms with E-state index in [0.717, 1.165) is 19.3 Å². The molecule has 0 aliphatic heterocycles. The fourth-order valence-electron chi connectivity index (χ4n) is 2.07. The van der Waals surface area contributed by atoms with Gasteiger partial charge in [-0.15, -0.1) is 0 Å². The molecule has 0 unspecified atom stereocenters. The Morgan fingerprint density at radius 2 is 1.45 bits per heavy atom. The Kier molecular flexibility index (Phi) is 14.9. The van der Waals surface area contributed by atoms with E-state index in [4.69, 9.17) is 5.11 Å².